The number of halogens is 1. The minimum Gasteiger partial charge on any atom is -0.486 e. The molecule has 0 saturated carbocycles. The third kappa shape index (κ3) is 5.51. The van der Waals surface area contributed by atoms with Crippen LogP contribution in [0.2, 0.25) is 5.02 Å². The Morgan fingerprint density at radius 1 is 1.44 bits per heavy atom. The first-order valence-corrected chi connectivity index (χ1v) is 9.54. The Balaban J connectivity index is 1.47. The van der Waals surface area contributed by atoms with Crippen LogP contribution in [0.25, 0.3) is 0 Å². The molecule has 27 heavy (non-hydrogen) atoms. The summed E-state index contributed by atoms with van der Waals surface area (Å²) in [5.74, 6) is 1.87. The number of nitrogens with one attached hydrogen (secondary N) is 2. The van der Waals surface area contributed by atoms with E-state index < -0.39 is 0 Å². The van der Waals surface area contributed by atoms with Crippen molar-refractivity contribution in [3.8, 4) is 5.75 Å². The summed E-state index contributed by atoms with van der Waals surface area (Å²) in [6.07, 6.45) is 1.57. The summed E-state index contributed by atoms with van der Waals surface area (Å²) < 4.78 is 10.9. The fraction of sp³-hybridized carbons (Fsp3) is 0.278. The van der Waals surface area contributed by atoms with Crippen LogP contribution in [0.3, 0.4) is 0 Å². The number of aromatic amines is 1. The van der Waals surface area contributed by atoms with Gasteiger partial charge in [-0.2, -0.15) is 0 Å². The van der Waals surface area contributed by atoms with Crippen LogP contribution in [0.1, 0.15) is 24.1 Å². The predicted molar refractivity (Wildman–Crippen MR) is 103 cm³/mol. The molecule has 2 aromatic heterocycles. The average molecular weight is 407 g/mol. The molecule has 9 heteroatoms. The number of rotatable bonds is 8. The number of H-pyrrole nitrogens is 1. The molecule has 2 heterocycles. The molecule has 1 amide bonds. The normalized spacial score (nSPS) is 12.0. The van der Waals surface area contributed by atoms with E-state index in [1.54, 1.807) is 31.4 Å². The molecule has 0 bridgehead atoms. The Labute approximate surface area is 165 Å². The zero-order chi connectivity index (χ0) is 19.2. The van der Waals surface area contributed by atoms with Crippen molar-refractivity contribution in [3.05, 3.63) is 58.8 Å². The molecule has 0 spiro atoms. The van der Waals surface area contributed by atoms with Crippen LogP contribution >= 0.6 is 23.4 Å². The molecule has 2 N–H and O–H groups in total. The highest BCUT2D eigenvalue weighted by atomic mass is 35.5. The topological polar surface area (TPSA) is 93.0 Å². The number of carbonyl (C=O) groups excluding carboxylic acids is 1. The van der Waals surface area contributed by atoms with E-state index in [0.29, 0.717) is 34.1 Å². The summed E-state index contributed by atoms with van der Waals surface area (Å²) in [7, 11) is 0. The summed E-state index contributed by atoms with van der Waals surface area (Å²) >= 11 is 7.27. The van der Waals surface area contributed by atoms with Crippen LogP contribution < -0.4 is 10.1 Å². The van der Waals surface area contributed by atoms with Crippen LogP contribution in [0.5, 0.6) is 5.75 Å². The molecule has 3 rings (SSSR count). The van der Waals surface area contributed by atoms with Gasteiger partial charge >= 0.3 is 0 Å². The first-order valence-electron chi connectivity index (χ1n) is 8.28. The SMILES string of the molecule is Cc1cc(OCc2nc(S[C@H](C)C(=O)NCc3ccco3)n[nH]2)ccc1Cl. The van der Waals surface area contributed by atoms with Gasteiger partial charge in [-0.25, -0.2) is 4.98 Å². The first-order chi connectivity index (χ1) is 13.0. The molecule has 0 radical (unpaired) electrons. The standard InChI is InChI=1S/C18H19ClN4O3S/c1-11-8-13(5-6-15(11)19)26-10-16-21-18(23-22-16)27-12(2)17(24)20-9-14-4-3-7-25-14/h3-8,12H,9-10H2,1-2H3,(H,20,24)(H,21,22,23)/t12-/m1/s1. The monoisotopic (exact) mass is 406 g/mol. The Kier molecular flexibility index (Phi) is 6.41. The average Bonchev–Trinajstić information content (AvgIpc) is 3.32. The van der Waals surface area contributed by atoms with Crippen molar-refractivity contribution < 1.29 is 13.9 Å². The maximum Gasteiger partial charge on any atom is 0.233 e. The van der Waals surface area contributed by atoms with Crippen molar-refractivity contribution >= 4 is 29.3 Å². The van der Waals surface area contributed by atoms with Gasteiger partial charge in [-0.1, -0.05) is 23.4 Å². The highest BCUT2D eigenvalue weighted by Crippen LogP contribution is 2.22. The van der Waals surface area contributed by atoms with Gasteiger partial charge in [0.1, 0.15) is 18.1 Å². The van der Waals surface area contributed by atoms with Crippen molar-refractivity contribution in [3.63, 3.8) is 0 Å². The molecule has 0 aliphatic rings. The number of aromatic nitrogens is 3. The lowest BCUT2D eigenvalue weighted by molar-refractivity contribution is -0.120. The summed E-state index contributed by atoms with van der Waals surface area (Å²) in [5, 5.41) is 10.6. The van der Waals surface area contributed by atoms with E-state index in [-0.39, 0.29) is 17.8 Å². The van der Waals surface area contributed by atoms with Crippen LogP contribution in [-0.4, -0.2) is 26.3 Å². The van der Waals surface area contributed by atoms with E-state index in [2.05, 4.69) is 20.5 Å². The number of carbonyl (C=O) groups is 1. The molecule has 0 saturated heterocycles. The Bertz CT molecular complexity index is 898. The lowest BCUT2D eigenvalue weighted by atomic mass is 10.2. The molecule has 142 valence electrons. The van der Waals surface area contributed by atoms with E-state index in [9.17, 15) is 4.79 Å². The summed E-state index contributed by atoms with van der Waals surface area (Å²) in [6.45, 7) is 4.31. The molecule has 0 aliphatic carbocycles. The van der Waals surface area contributed by atoms with Crippen molar-refractivity contribution in [1.29, 1.82) is 0 Å². The summed E-state index contributed by atoms with van der Waals surface area (Å²) in [5.41, 5.74) is 0.942. The molecule has 0 unspecified atom stereocenters. The van der Waals surface area contributed by atoms with Gasteiger partial charge < -0.3 is 14.5 Å². The second-order valence-corrected chi connectivity index (χ2v) is 7.54. The van der Waals surface area contributed by atoms with Gasteiger partial charge in [-0.15, -0.1) is 5.10 Å². The number of nitrogens with zero attached hydrogens (tertiary/aromatic N) is 2. The largest absolute Gasteiger partial charge is 0.486 e. The highest BCUT2D eigenvalue weighted by molar-refractivity contribution is 8.00. The molecule has 7 nitrogen and oxygen atoms in total. The number of thioether (sulfide) groups is 1. The number of amides is 1. The lowest BCUT2D eigenvalue weighted by Gasteiger charge is -2.08. The summed E-state index contributed by atoms with van der Waals surface area (Å²) in [4.78, 5) is 16.5. The maximum atomic E-state index is 12.1. The fourth-order valence-electron chi connectivity index (χ4n) is 2.20. The van der Waals surface area contributed by atoms with Crippen LogP contribution in [0.4, 0.5) is 0 Å². The highest BCUT2D eigenvalue weighted by Gasteiger charge is 2.17. The molecular formula is C18H19ClN4O3S. The van der Waals surface area contributed by atoms with E-state index >= 15 is 0 Å². The number of furan rings is 1. The first kappa shape index (κ1) is 19.3. The van der Waals surface area contributed by atoms with Crippen molar-refractivity contribution in [2.45, 2.75) is 37.4 Å². The molecule has 3 aromatic rings. The number of aryl methyl sites for hydroxylation is 1. The molecular weight excluding hydrogens is 388 g/mol. The quantitative estimate of drug-likeness (QED) is 0.553. The predicted octanol–water partition coefficient (Wildman–Crippen LogP) is 3.74. The van der Waals surface area contributed by atoms with Gasteiger partial charge in [0.15, 0.2) is 5.82 Å². The van der Waals surface area contributed by atoms with Crippen LogP contribution in [0, 0.1) is 6.92 Å². The zero-order valence-corrected chi connectivity index (χ0v) is 16.4. The van der Waals surface area contributed by atoms with Crippen molar-refractivity contribution in [2.75, 3.05) is 0 Å². The van der Waals surface area contributed by atoms with Gasteiger partial charge in [-0.3, -0.25) is 9.89 Å². The molecule has 1 atom stereocenters. The second-order valence-electron chi connectivity index (χ2n) is 5.82. The number of hydrogen-bond acceptors (Lipinski definition) is 6. The second kappa shape index (κ2) is 8.96. The molecule has 1 aromatic carbocycles. The Morgan fingerprint density at radius 3 is 3.04 bits per heavy atom. The van der Waals surface area contributed by atoms with Gasteiger partial charge in [0.2, 0.25) is 11.1 Å². The van der Waals surface area contributed by atoms with Gasteiger partial charge in [0, 0.05) is 5.02 Å². The van der Waals surface area contributed by atoms with Crippen LogP contribution in [0.15, 0.2) is 46.2 Å². The molecule has 0 aliphatic heterocycles. The minimum absolute atomic E-state index is 0.115. The number of ether oxygens (including phenoxy) is 1. The maximum absolute atomic E-state index is 12.1. The van der Waals surface area contributed by atoms with E-state index in [0.717, 1.165) is 5.56 Å². The third-order valence-corrected chi connectivity index (χ3v) is 5.07. The van der Waals surface area contributed by atoms with Crippen molar-refractivity contribution in [1.82, 2.24) is 20.5 Å². The van der Waals surface area contributed by atoms with Crippen LogP contribution in [-0.2, 0) is 17.9 Å². The zero-order valence-electron chi connectivity index (χ0n) is 14.9. The van der Waals surface area contributed by atoms with Gasteiger partial charge in [0.05, 0.1) is 18.1 Å². The smallest absolute Gasteiger partial charge is 0.233 e. The van der Waals surface area contributed by atoms with Crippen molar-refractivity contribution in [2.24, 2.45) is 0 Å². The van der Waals surface area contributed by atoms with E-state index in [1.165, 1.54) is 11.8 Å². The lowest BCUT2D eigenvalue weighted by Crippen LogP contribution is -2.30. The minimum atomic E-state index is -0.344. The van der Waals surface area contributed by atoms with Gasteiger partial charge in [-0.05, 0) is 49.7 Å². The van der Waals surface area contributed by atoms with E-state index in [1.807, 2.05) is 19.1 Å². The van der Waals surface area contributed by atoms with E-state index in [4.69, 9.17) is 20.8 Å². The number of hydrogen-bond donors (Lipinski definition) is 2. The Morgan fingerprint density at radius 2 is 2.30 bits per heavy atom. The number of benzene rings is 1. The Hall–Kier alpha value is -2.45. The summed E-state index contributed by atoms with van der Waals surface area (Å²) in [6, 6.07) is 9.04. The fourth-order valence-corrected chi connectivity index (χ4v) is 3.08. The molecule has 0 fully saturated rings. The van der Waals surface area contributed by atoms with Gasteiger partial charge in [0.25, 0.3) is 0 Å². The third-order valence-electron chi connectivity index (χ3n) is 3.68.